The number of allylic oxidation sites excluding steroid dienone is 5. The third kappa shape index (κ3) is 3.80. The van der Waals surface area contributed by atoms with E-state index in [4.69, 9.17) is 0 Å². The van der Waals surface area contributed by atoms with Gasteiger partial charge in [0.05, 0.1) is 0 Å². The van der Waals surface area contributed by atoms with Gasteiger partial charge in [-0.2, -0.15) is 0 Å². The molecule has 1 heteroatoms. The maximum atomic E-state index is 13.1. The van der Waals surface area contributed by atoms with Crippen LogP contribution in [-0.2, 0) is 4.79 Å². The van der Waals surface area contributed by atoms with E-state index in [1.807, 2.05) is 6.92 Å². The van der Waals surface area contributed by atoms with E-state index in [0.717, 1.165) is 31.1 Å². The largest absolute Gasteiger partial charge is 0.300 e. The minimum atomic E-state index is 0.137. The van der Waals surface area contributed by atoms with Gasteiger partial charge in [0, 0.05) is 5.92 Å². The van der Waals surface area contributed by atoms with Gasteiger partial charge in [0.2, 0.25) is 0 Å². The predicted molar refractivity (Wildman–Crippen MR) is 150 cm³/mol. The van der Waals surface area contributed by atoms with Crippen LogP contribution in [0.5, 0.6) is 0 Å². The summed E-state index contributed by atoms with van der Waals surface area (Å²) in [4.78, 5) is 13.1. The topological polar surface area (TPSA) is 17.1 Å². The fourth-order valence-electron chi connectivity index (χ4n) is 9.83. The lowest BCUT2D eigenvalue weighted by Crippen LogP contribution is -2.53. The maximum absolute atomic E-state index is 13.1. The molecule has 2 saturated carbocycles. The van der Waals surface area contributed by atoms with Crippen LogP contribution in [0.25, 0.3) is 0 Å². The standard InChI is InChI=1S/C34H54O/c1-21(2)22(3)12-13-26(25(6)35)30-23(4)20-34(11)28-14-15-29-31(7,8)24(5)16-18-32(29,9)27(28)17-19-33(30,34)10/h14,17,21,23-24,26,29-30H,3,12-13,15-16,18-20H2,1-2,4-11H3/t23-,24-,26+,29?,30-,32-,33-,34+/m1/s1. The molecule has 196 valence electrons. The van der Waals surface area contributed by atoms with Crippen molar-refractivity contribution in [2.45, 2.75) is 114 Å². The Morgan fingerprint density at radius 1 is 1.09 bits per heavy atom. The van der Waals surface area contributed by atoms with E-state index < -0.39 is 0 Å². The highest BCUT2D eigenvalue weighted by atomic mass is 16.1. The van der Waals surface area contributed by atoms with Crippen molar-refractivity contribution in [2.75, 3.05) is 0 Å². The molecule has 0 aliphatic heterocycles. The van der Waals surface area contributed by atoms with Crippen LogP contribution in [0.15, 0.2) is 35.5 Å². The highest BCUT2D eigenvalue weighted by Gasteiger charge is 2.65. The molecular formula is C34H54O. The summed E-state index contributed by atoms with van der Waals surface area (Å²) in [5.41, 5.74) is 5.61. The second-order valence-corrected chi connectivity index (χ2v) is 14.9. The van der Waals surface area contributed by atoms with E-state index in [9.17, 15) is 4.79 Å². The van der Waals surface area contributed by atoms with Gasteiger partial charge in [-0.05, 0) is 114 Å². The van der Waals surface area contributed by atoms with Gasteiger partial charge >= 0.3 is 0 Å². The van der Waals surface area contributed by atoms with Gasteiger partial charge in [-0.1, -0.05) is 86.6 Å². The number of carbonyl (C=O) groups excluding carboxylic acids is 1. The van der Waals surface area contributed by atoms with E-state index in [-0.39, 0.29) is 16.7 Å². The Morgan fingerprint density at radius 2 is 1.74 bits per heavy atom. The monoisotopic (exact) mass is 478 g/mol. The minimum Gasteiger partial charge on any atom is -0.300 e. The van der Waals surface area contributed by atoms with Gasteiger partial charge in [0.25, 0.3) is 0 Å². The Labute approximate surface area is 217 Å². The summed E-state index contributed by atoms with van der Waals surface area (Å²) in [6, 6.07) is 0. The van der Waals surface area contributed by atoms with Crippen molar-refractivity contribution < 1.29 is 4.79 Å². The van der Waals surface area contributed by atoms with E-state index in [2.05, 4.69) is 81.0 Å². The first-order valence-corrected chi connectivity index (χ1v) is 14.7. The first-order chi connectivity index (χ1) is 16.1. The quantitative estimate of drug-likeness (QED) is 0.347. The van der Waals surface area contributed by atoms with Crippen LogP contribution >= 0.6 is 0 Å². The first kappa shape index (κ1) is 26.9. The molecule has 2 fully saturated rings. The maximum Gasteiger partial charge on any atom is 0.133 e. The van der Waals surface area contributed by atoms with Crippen molar-refractivity contribution in [3.63, 3.8) is 0 Å². The molecule has 0 spiro atoms. The van der Waals surface area contributed by atoms with Crippen molar-refractivity contribution >= 4 is 5.78 Å². The SMILES string of the molecule is C=C(CC[C@@H](C(C)=O)[C@H]1[C@H](C)C[C@@]2(C)C3=CCC4C(C)(C)[C@H](C)CC[C@]4(C)C3=CC[C@]12C)C(C)C. The Hall–Kier alpha value is -1.11. The van der Waals surface area contributed by atoms with Gasteiger partial charge in [-0.3, -0.25) is 4.79 Å². The smallest absolute Gasteiger partial charge is 0.133 e. The van der Waals surface area contributed by atoms with Crippen molar-refractivity contribution in [1.29, 1.82) is 0 Å². The molecule has 0 heterocycles. The van der Waals surface area contributed by atoms with Crippen molar-refractivity contribution in [2.24, 2.45) is 57.2 Å². The summed E-state index contributed by atoms with van der Waals surface area (Å²) in [5, 5.41) is 0. The molecule has 1 nitrogen and oxygen atoms in total. The zero-order chi connectivity index (χ0) is 26.1. The van der Waals surface area contributed by atoms with E-state index in [0.29, 0.717) is 34.4 Å². The van der Waals surface area contributed by atoms with Gasteiger partial charge in [-0.25, -0.2) is 0 Å². The number of fused-ring (bicyclic) bond motifs is 5. The van der Waals surface area contributed by atoms with Gasteiger partial charge in [-0.15, -0.1) is 0 Å². The molecular weight excluding hydrogens is 424 g/mol. The highest BCUT2D eigenvalue weighted by Crippen LogP contribution is 2.73. The number of hydrogen-bond acceptors (Lipinski definition) is 1. The molecule has 1 unspecified atom stereocenters. The molecule has 0 aromatic heterocycles. The van der Waals surface area contributed by atoms with Crippen LogP contribution in [0.2, 0.25) is 0 Å². The molecule has 4 aliphatic carbocycles. The summed E-state index contributed by atoms with van der Waals surface area (Å²) in [7, 11) is 0. The predicted octanol–water partition coefficient (Wildman–Crippen LogP) is 9.59. The number of ketones is 1. The van der Waals surface area contributed by atoms with Gasteiger partial charge < -0.3 is 0 Å². The van der Waals surface area contributed by atoms with E-state index in [1.54, 1.807) is 11.1 Å². The second-order valence-electron chi connectivity index (χ2n) is 14.9. The average molecular weight is 479 g/mol. The van der Waals surface area contributed by atoms with E-state index >= 15 is 0 Å². The summed E-state index contributed by atoms with van der Waals surface area (Å²) in [6.07, 6.45) is 13.5. The van der Waals surface area contributed by atoms with Crippen molar-refractivity contribution in [3.05, 3.63) is 35.5 Å². The third-order valence-electron chi connectivity index (χ3n) is 12.7. The second kappa shape index (κ2) is 8.73. The Kier molecular flexibility index (Phi) is 6.72. The first-order valence-electron chi connectivity index (χ1n) is 14.7. The Bertz CT molecular complexity index is 946. The third-order valence-corrected chi connectivity index (χ3v) is 12.7. The fraction of sp³-hybridized carbons (Fsp3) is 0.794. The molecule has 0 N–H and O–H groups in total. The van der Waals surface area contributed by atoms with Crippen LogP contribution in [0.1, 0.15) is 114 Å². The molecule has 0 aromatic rings. The lowest BCUT2D eigenvalue weighted by Gasteiger charge is -2.61. The summed E-state index contributed by atoms with van der Waals surface area (Å²) in [6.45, 7) is 28.4. The van der Waals surface area contributed by atoms with Gasteiger partial charge in [0.15, 0.2) is 0 Å². The molecule has 0 radical (unpaired) electrons. The number of hydrogen-bond donors (Lipinski definition) is 0. The summed E-state index contributed by atoms with van der Waals surface area (Å²) in [5.74, 6) is 3.55. The fourth-order valence-corrected chi connectivity index (χ4v) is 9.83. The zero-order valence-electron chi connectivity index (χ0n) is 24.7. The number of Topliss-reactive ketones (excluding diaryl/α,β-unsaturated/α-hetero) is 1. The lowest BCUT2D eigenvalue weighted by atomic mass is 9.43. The number of rotatable bonds is 6. The summed E-state index contributed by atoms with van der Waals surface area (Å²) >= 11 is 0. The van der Waals surface area contributed by atoms with Gasteiger partial charge in [0.1, 0.15) is 5.78 Å². The average Bonchev–Trinajstić information content (AvgIpc) is 2.97. The minimum absolute atomic E-state index is 0.137. The zero-order valence-corrected chi connectivity index (χ0v) is 24.7. The lowest BCUT2D eigenvalue weighted by molar-refractivity contribution is -0.125. The number of carbonyl (C=O) groups is 1. The van der Waals surface area contributed by atoms with Crippen LogP contribution in [0.3, 0.4) is 0 Å². The van der Waals surface area contributed by atoms with Crippen molar-refractivity contribution in [1.82, 2.24) is 0 Å². The van der Waals surface area contributed by atoms with Crippen LogP contribution in [0.4, 0.5) is 0 Å². The molecule has 4 aliphatic rings. The molecule has 8 atom stereocenters. The van der Waals surface area contributed by atoms with Crippen LogP contribution in [-0.4, -0.2) is 5.78 Å². The molecule has 0 aromatic carbocycles. The van der Waals surface area contributed by atoms with Crippen molar-refractivity contribution in [3.8, 4) is 0 Å². The molecule has 35 heavy (non-hydrogen) atoms. The Morgan fingerprint density at radius 3 is 2.34 bits per heavy atom. The Balaban J connectivity index is 1.72. The molecule has 0 amide bonds. The summed E-state index contributed by atoms with van der Waals surface area (Å²) < 4.78 is 0. The normalized spacial score (nSPS) is 42.9. The molecule has 0 bridgehead atoms. The van der Waals surface area contributed by atoms with Crippen LogP contribution < -0.4 is 0 Å². The molecule has 4 rings (SSSR count). The molecule has 0 saturated heterocycles. The van der Waals surface area contributed by atoms with Crippen LogP contribution in [0, 0.1) is 57.2 Å². The van der Waals surface area contributed by atoms with E-state index in [1.165, 1.54) is 31.3 Å². The highest BCUT2D eigenvalue weighted by molar-refractivity contribution is 5.79.